The molecule has 0 amide bonds. The monoisotopic (exact) mass is 579 g/mol. The molecule has 39 heavy (non-hydrogen) atoms. The van der Waals surface area contributed by atoms with Gasteiger partial charge in [-0.25, -0.2) is 17.6 Å². The van der Waals surface area contributed by atoms with Gasteiger partial charge in [0.25, 0.3) is 11.1 Å². The molecule has 0 fully saturated rings. The summed E-state index contributed by atoms with van der Waals surface area (Å²) in [5.74, 6) is -1.10. The summed E-state index contributed by atoms with van der Waals surface area (Å²) in [5, 5.41) is 9.93. The standard InChI is InChI=1S/C27H18ClN3O6S2/c1-3-37-27(34)21-19(15-9-11-16(28)12-10-15)22(39(35,36)17-7-5-4-6-8-17)23-30-24-20(18(13-29)14(2)38-24)25(32)31(23)26(21)33/h4-12,30H,3H2,1-2H3. The molecule has 0 saturated carbocycles. The van der Waals surface area contributed by atoms with Crippen molar-refractivity contribution in [1.82, 2.24) is 9.38 Å². The zero-order valence-electron chi connectivity index (χ0n) is 20.4. The Balaban J connectivity index is 2.13. The minimum absolute atomic E-state index is 0.0528. The fraction of sp³-hybridized carbons (Fsp3) is 0.111. The SMILES string of the molecule is CCOC(=O)c1c(-c2ccc(Cl)cc2)c(S(=O)(=O)c2ccccc2)c2[nH]c3sc(C)c(C#N)c3c(=O)n2c1=O. The van der Waals surface area contributed by atoms with Gasteiger partial charge in [0.05, 0.1) is 22.5 Å². The van der Waals surface area contributed by atoms with Crippen molar-refractivity contribution in [2.24, 2.45) is 0 Å². The Hall–Kier alpha value is -4.24. The second kappa shape index (κ2) is 9.81. The summed E-state index contributed by atoms with van der Waals surface area (Å²) in [6, 6.07) is 15.3. The van der Waals surface area contributed by atoms with Crippen molar-refractivity contribution >= 4 is 54.6 Å². The first-order chi connectivity index (χ1) is 18.6. The number of nitrogens with zero attached hydrogens (tertiary/aromatic N) is 2. The Morgan fingerprint density at radius 1 is 1.10 bits per heavy atom. The van der Waals surface area contributed by atoms with Crippen LogP contribution in [0.15, 0.2) is 74.0 Å². The summed E-state index contributed by atoms with van der Waals surface area (Å²) >= 11 is 7.15. The Bertz CT molecular complexity index is 2070. The third-order valence-corrected chi connectivity index (χ3v) is 9.21. The second-order valence-corrected chi connectivity index (χ2v) is 11.9. The van der Waals surface area contributed by atoms with Crippen molar-refractivity contribution in [2.45, 2.75) is 23.6 Å². The lowest BCUT2D eigenvalue weighted by Gasteiger charge is -2.18. The van der Waals surface area contributed by atoms with Crippen molar-refractivity contribution in [2.75, 3.05) is 6.61 Å². The number of ether oxygens (including phenoxy) is 1. The number of aryl methyl sites for hydroxylation is 1. The highest BCUT2D eigenvalue weighted by molar-refractivity contribution is 7.91. The number of thiophene rings is 1. The molecule has 0 aliphatic rings. The molecule has 196 valence electrons. The number of sulfone groups is 1. The van der Waals surface area contributed by atoms with Gasteiger partial charge in [-0.3, -0.25) is 9.59 Å². The van der Waals surface area contributed by atoms with Gasteiger partial charge in [-0.15, -0.1) is 11.3 Å². The normalized spacial score (nSPS) is 11.5. The molecule has 3 heterocycles. The van der Waals surface area contributed by atoms with Gasteiger partial charge < -0.3 is 9.72 Å². The van der Waals surface area contributed by atoms with E-state index in [4.69, 9.17) is 16.3 Å². The van der Waals surface area contributed by atoms with Crippen LogP contribution in [-0.2, 0) is 14.6 Å². The average Bonchev–Trinajstić information content (AvgIpc) is 3.24. The van der Waals surface area contributed by atoms with Crippen molar-refractivity contribution < 1.29 is 17.9 Å². The van der Waals surface area contributed by atoms with Crippen LogP contribution in [0.2, 0.25) is 5.02 Å². The lowest BCUT2D eigenvalue weighted by Crippen LogP contribution is -2.34. The number of H-pyrrole nitrogens is 1. The van der Waals surface area contributed by atoms with Crippen LogP contribution in [0.4, 0.5) is 0 Å². The smallest absolute Gasteiger partial charge is 0.344 e. The van der Waals surface area contributed by atoms with Crippen LogP contribution in [0.5, 0.6) is 0 Å². The van der Waals surface area contributed by atoms with Crippen LogP contribution in [0, 0.1) is 18.3 Å². The topological polar surface area (TPSA) is 139 Å². The van der Waals surface area contributed by atoms with Crippen molar-refractivity contribution in [3.05, 3.63) is 96.3 Å². The number of fused-ring (bicyclic) bond motifs is 2. The largest absolute Gasteiger partial charge is 0.462 e. The van der Waals surface area contributed by atoms with Crippen molar-refractivity contribution in [3.63, 3.8) is 0 Å². The summed E-state index contributed by atoms with van der Waals surface area (Å²) in [7, 11) is -4.47. The van der Waals surface area contributed by atoms with Crippen molar-refractivity contribution in [1.29, 1.82) is 5.26 Å². The lowest BCUT2D eigenvalue weighted by atomic mass is 10.0. The van der Waals surface area contributed by atoms with E-state index in [1.54, 1.807) is 13.0 Å². The highest BCUT2D eigenvalue weighted by atomic mass is 35.5. The number of esters is 1. The number of hydrogen-bond acceptors (Lipinski definition) is 8. The lowest BCUT2D eigenvalue weighted by molar-refractivity contribution is 0.0524. The van der Waals surface area contributed by atoms with Crippen LogP contribution in [0.3, 0.4) is 0 Å². The predicted molar refractivity (Wildman–Crippen MR) is 147 cm³/mol. The van der Waals surface area contributed by atoms with E-state index in [1.165, 1.54) is 55.5 Å². The number of benzene rings is 2. The first-order valence-electron chi connectivity index (χ1n) is 11.5. The molecule has 0 bridgehead atoms. The summed E-state index contributed by atoms with van der Waals surface area (Å²) in [4.78, 5) is 44.0. The Labute approximate surface area is 230 Å². The molecular formula is C27H18ClN3O6S2. The fourth-order valence-corrected chi connectivity index (χ4v) is 7.17. The summed E-state index contributed by atoms with van der Waals surface area (Å²) in [6.07, 6.45) is 0. The van der Waals surface area contributed by atoms with Crippen molar-refractivity contribution in [3.8, 4) is 17.2 Å². The number of aromatic amines is 1. The number of hydrogen-bond donors (Lipinski definition) is 1. The number of carbonyl (C=O) groups is 1. The third kappa shape index (κ3) is 4.13. The van der Waals surface area contributed by atoms with Crippen LogP contribution in [-0.4, -0.2) is 30.4 Å². The molecule has 0 unspecified atom stereocenters. The van der Waals surface area contributed by atoms with Gasteiger partial charge in [-0.1, -0.05) is 41.9 Å². The Morgan fingerprint density at radius 3 is 2.38 bits per heavy atom. The van der Waals surface area contributed by atoms with E-state index in [-0.39, 0.29) is 44.1 Å². The minimum Gasteiger partial charge on any atom is -0.462 e. The van der Waals surface area contributed by atoms with Gasteiger partial charge in [0.15, 0.2) is 0 Å². The van der Waals surface area contributed by atoms with E-state index in [0.717, 1.165) is 11.3 Å². The van der Waals surface area contributed by atoms with E-state index in [1.807, 2.05) is 6.07 Å². The molecule has 1 N–H and O–H groups in total. The van der Waals surface area contributed by atoms with Gasteiger partial charge in [0.1, 0.15) is 27.0 Å². The van der Waals surface area contributed by atoms with Crippen LogP contribution >= 0.6 is 22.9 Å². The molecule has 5 rings (SSSR count). The van der Waals surface area contributed by atoms with E-state index in [2.05, 4.69) is 4.98 Å². The molecule has 2 aromatic carbocycles. The molecule has 0 radical (unpaired) electrons. The molecule has 0 aliphatic heterocycles. The molecule has 9 nitrogen and oxygen atoms in total. The maximum Gasteiger partial charge on any atom is 0.344 e. The van der Waals surface area contributed by atoms with E-state index in [0.29, 0.717) is 14.3 Å². The molecule has 0 spiro atoms. The van der Waals surface area contributed by atoms with E-state index in [9.17, 15) is 28.1 Å². The first kappa shape index (κ1) is 26.4. The number of aromatic nitrogens is 2. The van der Waals surface area contributed by atoms with Gasteiger partial charge in [0.2, 0.25) is 9.84 Å². The number of halogens is 1. The maximum atomic E-state index is 14.3. The highest BCUT2D eigenvalue weighted by Crippen LogP contribution is 2.37. The minimum atomic E-state index is -4.47. The van der Waals surface area contributed by atoms with Gasteiger partial charge in [0, 0.05) is 15.5 Å². The van der Waals surface area contributed by atoms with E-state index >= 15 is 0 Å². The van der Waals surface area contributed by atoms with E-state index < -0.39 is 37.4 Å². The summed E-state index contributed by atoms with van der Waals surface area (Å²) in [5.41, 5.74) is -2.98. The maximum absolute atomic E-state index is 14.3. The Kier molecular flexibility index (Phi) is 6.64. The first-order valence-corrected chi connectivity index (χ1v) is 14.2. The summed E-state index contributed by atoms with van der Waals surface area (Å²) < 4.78 is 34.3. The molecule has 0 saturated heterocycles. The highest BCUT2D eigenvalue weighted by Gasteiger charge is 2.34. The fourth-order valence-electron chi connectivity index (χ4n) is 4.41. The number of nitrogens with one attached hydrogen (secondary N) is 1. The van der Waals surface area contributed by atoms with Crippen LogP contribution in [0.25, 0.3) is 27.0 Å². The molecule has 12 heteroatoms. The molecule has 5 aromatic rings. The summed E-state index contributed by atoms with van der Waals surface area (Å²) in [6.45, 7) is 3.05. The number of rotatable bonds is 5. The predicted octanol–water partition coefficient (Wildman–Crippen LogP) is 4.71. The molecule has 0 atom stereocenters. The number of pyridine rings is 1. The van der Waals surface area contributed by atoms with Gasteiger partial charge >= 0.3 is 5.97 Å². The molecule has 3 aromatic heterocycles. The zero-order chi connectivity index (χ0) is 28.1. The van der Waals surface area contributed by atoms with Gasteiger partial charge in [-0.2, -0.15) is 5.26 Å². The Morgan fingerprint density at radius 2 is 1.77 bits per heavy atom. The molecular weight excluding hydrogens is 562 g/mol. The van der Waals surface area contributed by atoms with Crippen LogP contribution in [0.1, 0.15) is 27.7 Å². The van der Waals surface area contributed by atoms with Gasteiger partial charge in [-0.05, 0) is 43.7 Å². The molecule has 0 aliphatic carbocycles. The third-order valence-electron chi connectivity index (χ3n) is 6.11. The quantitative estimate of drug-likeness (QED) is 0.297. The number of carbonyl (C=O) groups excluding carboxylic acids is 1. The second-order valence-electron chi connectivity index (χ2n) is 8.39. The zero-order valence-corrected chi connectivity index (χ0v) is 22.8. The average molecular weight is 580 g/mol. The van der Waals surface area contributed by atoms with Crippen LogP contribution < -0.4 is 11.1 Å². The number of nitriles is 1.